The second-order valence-electron chi connectivity index (χ2n) is 8.69. The Morgan fingerprint density at radius 2 is 1.97 bits per heavy atom. The topological polar surface area (TPSA) is 95.0 Å². The van der Waals surface area contributed by atoms with E-state index < -0.39 is 5.60 Å². The minimum absolute atomic E-state index is 0.182. The number of nitrogens with one attached hydrogen (secondary N) is 1. The summed E-state index contributed by atoms with van der Waals surface area (Å²) < 4.78 is 22.7. The molecule has 5 rings (SSSR count). The van der Waals surface area contributed by atoms with E-state index >= 15 is 0 Å². The molecule has 2 aromatic heterocycles. The van der Waals surface area contributed by atoms with Crippen LogP contribution in [-0.2, 0) is 16.9 Å². The van der Waals surface area contributed by atoms with E-state index in [-0.39, 0.29) is 12.1 Å². The molecule has 2 aliphatic rings. The summed E-state index contributed by atoms with van der Waals surface area (Å²) in [6.45, 7) is 4.05. The molecule has 0 bridgehead atoms. The normalized spacial score (nSPS) is 22.0. The van der Waals surface area contributed by atoms with E-state index in [0.29, 0.717) is 37.9 Å². The van der Waals surface area contributed by atoms with Crippen LogP contribution in [0.15, 0.2) is 42.7 Å². The molecule has 33 heavy (non-hydrogen) atoms. The lowest BCUT2D eigenvalue weighted by Gasteiger charge is -2.39. The Morgan fingerprint density at radius 3 is 2.76 bits per heavy atom. The van der Waals surface area contributed by atoms with Gasteiger partial charge < -0.3 is 29.4 Å². The van der Waals surface area contributed by atoms with Crippen molar-refractivity contribution in [2.45, 2.75) is 44.1 Å². The largest absolute Gasteiger partial charge is 0.495 e. The Morgan fingerprint density at radius 1 is 1.12 bits per heavy atom. The number of methoxy groups -OCH3 is 1. The Bertz CT molecular complexity index is 1130. The van der Waals surface area contributed by atoms with Gasteiger partial charge in [-0.2, -0.15) is 0 Å². The average molecular weight is 452 g/mol. The maximum Gasteiger partial charge on any atom is 0.179 e. The second kappa shape index (κ2) is 9.13. The van der Waals surface area contributed by atoms with Crippen molar-refractivity contribution in [2.75, 3.05) is 26.9 Å². The lowest BCUT2D eigenvalue weighted by Crippen LogP contribution is -2.47. The van der Waals surface area contributed by atoms with Crippen molar-refractivity contribution in [3.05, 3.63) is 54.0 Å². The summed E-state index contributed by atoms with van der Waals surface area (Å²) in [5.41, 5.74) is 1.35. The van der Waals surface area contributed by atoms with Crippen LogP contribution in [0.25, 0.3) is 10.9 Å². The summed E-state index contributed by atoms with van der Waals surface area (Å²) in [6.07, 6.45) is 4.69. The van der Waals surface area contributed by atoms with Gasteiger partial charge in [0.25, 0.3) is 0 Å². The molecule has 174 valence electrons. The number of pyridine rings is 2. The molecule has 1 fully saturated rings. The van der Waals surface area contributed by atoms with Gasteiger partial charge in [-0.3, -0.25) is 9.97 Å². The standard InChI is InChI=1S/C25H29N3O5/c1-25(29,20-4-3-5-21-19(20)11-18(30-2)13-28-21)24-7-6-16(15-33-24)26-12-17-10-22-23(14-27-17)32-9-8-31-22/h3-5,10-11,13-14,16,24,26,29H,6-9,12,15H2,1-2H3/t16-,24+,25?/m1/s1. The first-order valence-electron chi connectivity index (χ1n) is 11.3. The van der Waals surface area contributed by atoms with Crippen molar-refractivity contribution in [3.63, 3.8) is 0 Å². The Hall–Kier alpha value is -2.94. The summed E-state index contributed by atoms with van der Waals surface area (Å²) in [7, 11) is 1.61. The fraction of sp³-hybridized carbons (Fsp3) is 0.440. The predicted octanol–water partition coefficient (Wildman–Crippen LogP) is 2.95. The van der Waals surface area contributed by atoms with Crippen LogP contribution in [0.5, 0.6) is 17.2 Å². The summed E-state index contributed by atoms with van der Waals surface area (Å²) in [5, 5.41) is 15.9. The number of hydrogen-bond acceptors (Lipinski definition) is 8. The van der Waals surface area contributed by atoms with Gasteiger partial charge in [0.15, 0.2) is 11.5 Å². The predicted molar refractivity (Wildman–Crippen MR) is 123 cm³/mol. The van der Waals surface area contributed by atoms with Crippen LogP contribution >= 0.6 is 0 Å². The highest BCUT2D eigenvalue weighted by molar-refractivity contribution is 5.84. The highest BCUT2D eigenvalue weighted by atomic mass is 16.6. The zero-order valence-electron chi connectivity index (χ0n) is 18.9. The van der Waals surface area contributed by atoms with Gasteiger partial charge >= 0.3 is 0 Å². The third kappa shape index (κ3) is 4.46. The van der Waals surface area contributed by atoms with Crippen LogP contribution in [0, 0.1) is 0 Å². The molecular weight excluding hydrogens is 422 g/mol. The van der Waals surface area contributed by atoms with Gasteiger partial charge in [-0.15, -0.1) is 0 Å². The van der Waals surface area contributed by atoms with Gasteiger partial charge in [-0.05, 0) is 37.5 Å². The number of benzene rings is 1. The number of aromatic nitrogens is 2. The van der Waals surface area contributed by atoms with Crippen molar-refractivity contribution >= 4 is 10.9 Å². The Balaban J connectivity index is 1.23. The van der Waals surface area contributed by atoms with E-state index in [9.17, 15) is 5.11 Å². The number of ether oxygens (including phenoxy) is 4. The molecule has 2 aliphatic heterocycles. The quantitative estimate of drug-likeness (QED) is 0.591. The molecular formula is C25H29N3O5. The van der Waals surface area contributed by atoms with E-state index in [1.807, 2.05) is 37.3 Å². The van der Waals surface area contributed by atoms with Gasteiger partial charge in [-0.1, -0.05) is 12.1 Å². The molecule has 2 N–H and O–H groups in total. The molecule has 0 aliphatic carbocycles. The smallest absolute Gasteiger partial charge is 0.179 e. The van der Waals surface area contributed by atoms with Gasteiger partial charge in [0.1, 0.15) is 24.6 Å². The Labute approximate surface area is 192 Å². The average Bonchev–Trinajstić information content (AvgIpc) is 2.86. The van der Waals surface area contributed by atoms with E-state index in [2.05, 4.69) is 15.3 Å². The first kappa shape index (κ1) is 21.9. The van der Waals surface area contributed by atoms with Crippen LogP contribution in [-0.4, -0.2) is 54.2 Å². The highest BCUT2D eigenvalue weighted by Crippen LogP contribution is 2.37. The number of aliphatic hydroxyl groups is 1. The monoisotopic (exact) mass is 451 g/mol. The molecule has 4 heterocycles. The summed E-state index contributed by atoms with van der Waals surface area (Å²) >= 11 is 0. The molecule has 0 amide bonds. The fourth-order valence-corrected chi connectivity index (χ4v) is 4.55. The molecule has 1 aromatic carbocycles. The molecule has 8 heteroatoms. The maximum absolute atomic E-state index is 11.5. The van der Waals surface area contributed by atoms with Gasteiger partial charge in [0, 0.05) is 24.0 Å². The van der Waals surface area contributed by atoms with Crippen LogP contribution in [0.1, 0.15) is 31.0 Å². The van der Waals surface area contributed by atoms with Crippen molar-refractivity contribution in [1.29, 1.82) is 0 Å². The number of hydrogen-bond donors (Lipinski definition) is 2. The van der Waals surface area contributed by atoms with Crippen LogP contribution in [0.4, 0.5) is 0 Å². The first-order valence-corrected chi connectivity index (χ1v) is 11.3. The fourth-order valence-electron chi connectivity index (χ4n) is 4.55. The number of rotatable bonds is 6. The lowest BCUT2D eigenvalue weighted by molar-refractivity contribution is -0.128. The molecule has 0 radical (unpaired) electrons. The molecule has 0 saturated carbocycles. The molecule has 1 unspecified atom stereocenters. The third-order valence-corrected chi connectivity index (χ3v) is 6.44. The molecule has 3 aromatic rings. The van der Waals surface area contributed by atoms with Crippen LogP contribution in [0.2, 0.25) is 0 Å². The third-order valence-electron chi connectivity index (χ3n) is 6.44. The van der Waals surface area contributed by atoms with Gasteiger partial charge in [0.2, 0.25) is 0 Å². The number of nitrogens with zero attached hydrogens (tertiary/aromatic N) is 2. The van der Waals surface area contributed by atoms with Crippen molar-refractivity contribution < 1.29 is 24.1 Å². The summed E-state index contributed by atoms with van der Waals surface area (Å²) in [4.78, 5) is 8.90. The Kier molecular flexibility index (Phi) is 6.05. The van der Waals surface area contributed by atoms with Crippen molar-refractivity contribution in [2.24, 2.45) is 0 Å². The van der Waals surface area contributed by atoms with E-state index in [1.54, 1.807) is 19.5 Å². The lowest BCUT2D eigenvalue weighted by atomic mass is 9.83. The first-order chi connectivity index (χ1) is 16.0. The highest BCUT2D eigenvalue weighted by Gasteiger charge is 2.38. The summed E-state index contributed by atoms with van der Waals surface area (Å²) in [6, 6.07) is 9.80. The minimum Gasteiger partial charge on any atom is -0.495 e. The van der Waals surface area contributed by atoms with Crippen molar-refractivity contribution in [1.82, 2.24) is 15.3 Å². The van der Waals surface area contributed by atoms with Crippen LogP contribution in [0.3, 0.4) is 0 Å². The van der Waals surface area contributed by atoms with E-state index in [4.69, 9.17) is 18.9 Å². The zero-order chi connectivity index (χ0) is 22.8. The SMILES string of the molecule is COc1cnc2cccc(C(C)(O)[C@@H]3CC[C@@H](NCc4cc5c(cn4)OCCO5)CO3)c2c1. The second-order valence-corrected chi connectivity index (χ2v) is 8.69. The van der Waals surface area contributed by atoms with Gasteiger partial charge in [0.05, 0.1) is 43.4 Å². The molecule has 1 saturated heterocycles. The molecule has 8 nitrogen and oxygen atoms in total. The molecule has 0 spiro atoms. The number of fused-ring (bicyclic) bond motifs is 2. The maximum atomic E-state index is 11.5. The van der Waals surface area contributed by atoms with Crippen molar-refractivity contribution in [3.8, 4) is 17.2 Å². The van der Waals surface area contributed by atoms with E-state index in [0.717, 1.165) is 40.8 Å². The zero-order valence-corrected chi connectivity index (χ0v) is 18.9. The van der Waals surface area contributed by atoms with Gasteiger partial charge in [-0.25, -0.2) is 0 Å². The minimum atomic E-state index is -1.16. The summed E-state index contributed by atoms with van der Waals surface area (Å²) in [5.74, 6) is 2.09. The molecule has 3 atom stereocenters. The van der Waals surface area contributed by atoms with Crippen LogP contribution < -0.4 is 19.5 Å². The van der Waals surface area contributed by atoms with E-state index in [1.165, 1.54) is 0 Å².